The second-order valence-corrected chi connectivity index (χ2v) is 7.36. The molecule has 0 N–H and O–H groups in total. The zero-order chi connectivity index (χ0) is 20.7. The molecule has 5 rings (SSSR count). The Morgan fingerprint density at radius 2 is 1.90 bits per heavy atom. The smallest absolute Gasteiger partial charge is 0.280 e. The molecule has 1 aliphatic rings. The molecule has 1 atom stereocenters. The highest BCUT2D eigenvalue weighted by molar-refractivity contribution is 5.60. The van der Waals surface area contributed by atoms with Gasteiger partial charge in [0, 0.05) is 5.56 Å². The van der Waals surface area contributed by atoms with Crippen molar-refractivity contribution in [1.82, 2.24) is 25.1 Å². The molecular formula is C22H21N5O3. The van der Waals surface area contributed by atoms with Crippen LogP contribution in [0.1, 0.15) is 28.5 Å². The summed E-state index contributed by atoms with van der Waals surface area (Å²) in [7, 11) is 1.65. The summed E-state index contributed by atoms with van der Waals surface area (Å²) in [6, 6.07) is 13.9. The first kappa shape index (κ1) is 18.5. The highest BCUT2D eigenvalue weighted by atomic mass is 16.5. The third kappa shape index (κ3) is 3.25. The standard InChI is InChI=1S/C22H21N5O3/c1-13-4-5-16(10-14(13)2)21-23-22(30-25-21)20-18-12-29-19(11-27(18)26-24-20)15-6-8-17(28-3)9-7-15/h4-10,19H,11-12H2,1-3H3/t19-/m0/s1. The average molecular weight is 403 g/mol. The van der Waals surface area contributed by atoms with Crippen molar-refractivity contribution < 1.29 is 14.0 Å². The Labute approximate surface area is 173 Å². The Balaban J connectivity index is 1.39. The summed E-state index contributed by atoms with van der Waals surface area (Å²) in [4.78, 5) is 4.54. The van der Waals surface area contributed by atoms with Gasteiger partial charge in [0.1, 0.15) is 11.9 Å². The minimum absolute atomic E-state index is 0.105. The zero-order valence-corrected chi connectivity index (χ0v) is 17.0. The molecule has 0 unspecified atom stereocenters. The van der Waals surface area contributed by atoms with Crippen molar-refractivity contribution in [3.63, 3.8) is 0 Å². The number of hydrogen-bond donors (Lipinski definition) is 0. The van der Waals surface area contributed by atoms with Gasteiger partial charge in [0.2, 0.25) is 5.82 Å². The highest BCUT2D eigenvalue weighted by Crippen LogP contribution is 2.31. The number of aromatic nitrogens is 5. The quantitative estimate of drug-likeness (QED) is 0.511. The number of fused-ring (bicyclic) bond motifs is 1. The Morgan fingerprint density at radius 3 is 2.67 bits per heavy atom. The van der Waals surface area contributed by atoms with Crippen LogP contribution in [0.2, 0.25) is 0 Å². The lowest BCUT2D eigenvalue weighted by atomic mass is 10.1. The molecular weight excluding hydrogens is 382 g/mol. The molecule has 0 saturated heterocycles. The fourth-order valence-corrected chi connectivity index (χ4v) is 3.52. The SMILES string of the molecule is COc1ccc([C@@H]2Cn3nnc(-c4nc(-c5ccc(C)c(C)c5)no4)c3CO2)cc1. The van der Waals surface area contributed by atoms with Gasteiger partial charge < -0.3 is 14.0 Å². The first-order valence-corrected chi connectivity index (χ1v) is 9.72. The summed E-state index contributed by atoms with van der Waals surface area (Å²) in [6.45, 7) is 5.06. The number of hydrogen-bond acceptors (Lipinski definition) is 7. The lowest BCUT2D eigenvalue weighted by molar-refractivity contribution is -0.00119. The zero-order valence-electron chi connectivity index (χ0n) is 17.0. The first-order valence-electron chi connectivity index (χ1n) is 9.72. The summed E-state index contributed by atoms with van der Waals surface area (Å²) in [6.07, 6.45) is -0.105. The summed E-state index contributed by atoms with van der Waals surface area (Å²) < 4.78 is 18.6. The van der Waals surface area contributed by atoms with Gasteiger partial charge in [-0.25, -0.2) is 4.68 Å². The molecule has 0 radical (unpaired) electrons. The molecule has 2 aromatic carbocycles. The Bertz CT molecular complexity index is 1200. The number of aryl methyl sites for hydroxylation is 2. The van der Waals surface area contributed by atoms with E-state index in [1.807, 2.05) is 47.1 Å². The molecule has 0 aliphatic carbocycles. The fraction of sp³-hybridized carbons (Fsp3) is 0.273. The van der Waals surface area contributed by atoms with Crippen LogP contribution in [0.4, 0.5) is 0 Å². The van der Waals surface area contributed by atoms with Gasteiger partial charge in [-0.15, -0.1) is 5.10 Å². The van der Waals surface area contributed by atoms with E-state index in [1.165, 1.54) is 11.1 Å². The van der Waals surface area contributed by atoms with Gasteiger partial charge in [-0.2, -0.15) is 4.98 Å². The van der Waals surface area contributed by atoms with Gasteiger partial charge in [-0.1, -0.05) is 34.6 Å². The van der Waals surface area contributed by atoms with Crippen LogP contribution in [-0.2, 0) is 17.9 Å². The van der Waals surface area contributed by atoms with E-state index in [0.29, 0.717) is 30.6 Å². The maximum atomic E-state index is 6.07. The Hall–Kier alpha value is -3.52. The van der Waals surface area contributed by atoms with Crippen LogP contribution in [0.3, 0.4) is 0 Å². The van der Waals surface area contributed by atoms with E-state index >= 15 is 0 Å². The Kier molecular flexibility index (Phi) is 4.55. The highest BCUT2D eigenvalue weighted by Gasteiger charge is 2.28. The van der Waals surface area contributed by atoms with Crippen LogP contribution in [0.5, 0.6) is 5.75 Å². The predicted molar refractivity (Wildman–Crippen MR) is 109 cm³/mol. The van der Waals surface area contributed by atoms with Crippen molar-refractivity contribution in [2.45, 2.75) is 33.1 Å². The monoisotopic (exact) mass is 403 g/mol. The average Bonchev–Trinajstić information content (AvgIpc) is 3.42. The van der Waals surface area contributed by atoms with Gasteiger partial charge in [-0.05, 0) is 48.7 Å². The lowest BCUT2D eigenvalue weighted by Crippen LogP contribution is -2.22. The third-order valence-corrected chi connectivity index (χ3v) is 5.48. The lowest BCUT2D eigenvalue weighted by Gasteiger charge is -2.24. The second-order valence-electron chi connectivity index (χ2n) is 7.36. The predicted octanol–water partition coefficient (Wildman–Crippen LogP) is 3.89. The Morgan fingerprint density at radius 1 is 1.07 bits per heavy atom. The van der Waals surface area contributed by atoms with Crippen molar-refractivity contribution in [3.8, 4) is 28.7 Å². The summed E-state index contributed by atoms with van der Waals surface area (Å²) >= 11 is 0. The molecule has 4 aromatic rings. The van der Waals surface area contributed by atoms with Gasteiger partial charge in [0.05, 0.1) is 26.0 Å². The van der Waals surface area contributed by atoms with Gasteiger partial charge >= 0.3 is 0 Å². The van der Waals surface area contributed by atoms with Crippen molar-refractivity contribution in [1.29, 1.82) is 0 Å². The van der Waals surface area contributed by atoms with Crippen LogP contribution in [0.25, 0.3) is 23.0 Å². The van der Waals surface area contributed by atoms with Crippen molar-refractivity contribution in [3.05, 3.63) is 64.8 Å². The van der Waals surface area contributed by atoms with Crippen LogP contribution < -0.4 is 4.74 Å². The summed E-state index contributed by atoms with van der Waals surface area (Å²) in [5, 5.41) is 12.7. The normalized spacial score (nSPS) is 15.8. The van der Waals surface area contributed by atoms with Crippen molar-refractivity contribution in [2.24, 2.45) is 0 Å². The van der Waals surface area contributed by atoms with Gasteiger partial charge in [0.25, 0.3) is 5.89 Å². The molecule has 0 fully saturated rings. The molecule has 8 nitrogen and oxygen atoms in total. The number of nitrogens with zero attached hydrogens (tertiary/aromatic N) is 5. The molecule has 0 spiro atoms. The van der Waals surface area contributed by atoms with E-state index in [2.05, 4.69) is 34.3 Å². The maximum Gasteiger partial charge on any atom is 0.280 e. The van der Waals surface area contributed by atoms with Crippen LogP contribution in [0.15, 0.2) is 47.0 Å². The molecule has 0 amide bonds. The number of benzene rings is 2. The molecule has 1 aliphatic heterocycles. The molecule has 8 heteroatoms. The molecule has 0 bridgehead atoms. The second kappa shape index (κ2) is 7.38. The van der Waals surface area contributed by atoms with Crippen LogP contribution in [0, 0.1) is 13.8 Å². The van der Waals surface area contributed by atoms with Gasteiger partial charge in [0.15, 0.2) is 5.69 Å². The van der Waals surface area contributed by atoms with Crippen molar-refractivity contribution in [2.75, 3.05) is 7.11 Å². The molecule has 3 heterocycles. The number of ether oxygens (including phenoxy) is 2. The van der Waals surface area contributed by atoms with Gasteiger partial charge in [-0.3, -0.25) is 0 Å². The van der Waals surface area contributed by atoms with E-state index in [4.69, 9.17) is 14.0 Å². The minimum atomic E-state index is -0.105. The topological polar surface area (TPSA) is 88.1 Å². The summed E-state index contributed by atoms with van der Waals surface area (Å²) in [5.74, 6) is 1.69. The number of methoxy groups -OCH3 is 1. The van der Waals surface area contributed by atoms with E-state index in [0.717, 1.165) is 22.6 Å². The fourth-order valence-electron chi connectivity index (χ4n) is 3.52. The molecule has 2 aromatic heterocycles. The van der Waals surface area contributed by atoms with E-state index < -0.39 is 0 Å². The molecule has 152 valence electrons. The van der Waals surface area contributed by atoms with E-state index in [-0.39, 0.29) is 6.10 Å². The van der Waals surface area contributed by atoms with E-state index in [9.17, 15) is 0 Å². The first-order chi connectivity index (χ1) is 14.6. The summed E-state index contributed by atoms with van der Waals surface area (Å²) in [5.41, 5.74) is 5.76. The van der Waals surface area contributed by atoms with Crippen molar-refractivity contribution >= 4 is 0 Å². The largest absolute Gasteiger partial charge is 0.497 e. The number of rotatable bonds is 4. The third-order valence-electron chi connectivity index (χ3n) is 5.48. The maximum absolute atomic E-state index is 6.07. The molecule has 0 saturated carbocycles. The molecule has 30 heavy (non-hydrogen) atoms. The van der Waals surface area contributed by atoms with E-state index in [1.54, 1.807) is 7.11 Å². The van der Waals surface area contributed by atoms with Crippen LogP contribution >= 0.6 is 0 Å². The minimum Gasteiger partial charge on any atom is -0.497 e. The van der Waals surface area contributed by atoms with Crippen LogP contribution in [-0.4, -0.2) is 32.2 Å².